The van der Waals surface area contributed by atoms with E-state index in [0.29, 0.717) is 11.7 Å². The van der Waals surface area contributed by atoms with Crippen molar-refractivity contribution in [2.75, 3.05) is 25.5 Å². The van der Waals surface area contributed by atoms with Gasteiger partial charge in [-0.2, -0.15) is 4.98 Å². The van der Waals surface area contributed by atoms with Crippen molar-refractivity contribution in [3.8, 4) is 5.88 Å². The van der Waals surface area contributed by atoms with Crippen molar-refractivity contribution < 1.29 is 4.74 Å². The van der Waals surface area contributed by atoms with E-state index in [1.54, 1.807) is 7.11 Å². The highest BCUT2D eigenvalue weighted by Crippen LogP contribution is 2.37. The molecule has 1 aromatic rings. The van der Waals surface area contributed by atoms with Gasteiger partial charge in [0.2, 0.25) is 5.88 Å². The average molecular weight is 250 g/mol. The quantitative estimate of drug-likeness (QED) is 0.832. The Bertz CT molecular complexity index is 402. The SMILES string of the molecule is COc1cc(NCC2(CN)CCCC2)nc(C)n1. The molecule has 1 aliphatic rings. The van der Waals surface area contributed by atoms with Gasteiger partial charge in [0.1, 0.15) is 11.6 Å². The van der Waals surface area contributed by atoms with Gasteiger partial charge >= 0.3 is 0 Å². The highest BCUT2D eigenvalue weighted by Gasteiger charge is 2.32. The molecule has 0 aliphatic heterocycles. The summed E-state index contributed by atoms with van der Waals surface area (Å²) in [5.41, 5.74) is 6.16. The second-order valence-corrected chi connectivity index (χ2v) is 5.11. The van der Waals surface area contributed by atoms with Crippen LogP contribution in [-0.4, -0.2) is 30.2 Å². The molecule has 0 aromatic carbocycles. The largest absolute Gasteiger partial charge is 0.481 e. The molecule has 0 radical (unpaired) electrons. The Morgan fingerprint density at radius 1 is 1.39 bits per heavy atom. The fourth-order valence-electron chi connectivity index (χ4n) is 2.59. The summed E-state index contributed by atoms with van der Waals surface area (Å²) in [5.74, 6) is 2.13. The van der Waals surface area contributed by atoms with Crippen LogP contribution in [0.5, 0.6) is 5.88 Å². The van der Waals surface area contributed by atoms with Crippen LogP contribution in [-0.2, 0) is 0 Å². The Kier molecular flexibility index (Phi) is 4.01. The fraction of sp³-hybridized carbons (Fsp3) is 0.692. The molecule has 3 N–H and O–H groups in total. The van der Waals surface area contributed by atoms with Crippen molar-refractivity contribution in [3.63, 3.8) is 0 Å². The molecular weight excluding hydrogens is 228 g/mol. The highest BCUT2D eigenvalue weighted by molar-refractivity contribution is 5.38. The van der Waals surface area contributed by atoms with Gasteiger partial charge in [0, 0.05) is 12.6 Å². The minimum Gasteiger partial charge on any atom is -0.481 e. The van der Waals surface area contributed by atoms with Gasteiger partial charge in [0.25, 0.3) is 0 Å². The molecule has 5 nitrogen and oxygen atoms in total. The summed E-state index contributed by atoms with van der Waals surface area (Å²) in [5, 5.41) is 3.38. The molecule has 1 saturated carbocycles. The molecule has 1 heterocycles. The van der Waals surface area contributed by atoms with Crippen LogP contribution in [0, 0.1) is 12.3 Å². The first kappa shape index (κ1) is 13.1. The molecule has 0 spiro atoms. The molecule has 18 heavy (non-hydrogen) atoms. The van der Waals surface area contributed by atoms with Gasteiger partial charge in [-0.1, -0.05) is 12.8 Å². The molecule has 100 valence electrons. The van der Waals surface area contributed by atoms with E-state index in [-0.39, 0.29) is 5.41 Å². The van der Waals surface area contributed by atoms with E-state index < -0.39 is 0 Å². The van der Waals surface area contributed by atoms with Crippen LogP contribution in [0.4, 0.5) is 5.82 Å². The number of ether oxygens (including phenoxy) is 1. The maximum absolute atomic E-state index is 5.92. The third-order valence-electron chi connectivity index (χ3n) is 3.77. The lowest BCUT2D eigenvalue weighted by Crippen LogP contribution is -2.34. The van der Waals surface area contributed by atoms with Gasteiger partial charge in [0.05, 0.1) is 7.11 Å². The summed E-state index contributed by atoms with van der Waals surface area (Å²) in [6.45, 7) is 3.48. The summed E-state index contributed by atoms with van der Waals surface area (Å²) in [6.07, 6.45) is 4.98. The third kappa shape index (κ3) is 2.90. The van der Waals surface area contributed by atoms with E-state index in [1.165, 1.54) is 25.7 Å². The third-order valence-corrected chi connectivity index (χ3v) is 3.77. The Balaban J connectivity index is 2.03. The average Bonchev–Trinajstić information content (AvgIpc) is 2.85. The summed E-state index contributed by atoms with van der Waals surface area (Å²) < 4.78 is 5.14. The van der Waals surface area contributed by atoms with Crippen molar-refractivity contribution >= 4 is 5.82 Å². The van der Waals surface area contributed by atoms with Crippen LogP contribution in [0.15, 0.2) is 6.07 Å². The number of hydrogen-bond acceptors (Lipinski definition) is 5. The lowest BCUT2D eigenvalue weighted by molar-refractivity contribution is 0.331. The van der Waals surface area contributed by atoms with Crippen molar-refractivity contribution in [1.29, 1.82) is 0 Å². The van der Waals surface area contributed by atoms with Gasteiger partial charge in [-0.25, -0.2) is 4.98 Å². The number of rotatable bonds is 5. The monoisotopic (exact) mass is 250 g/mol. The van der Waals surface area contributed by atoms with Gasteiger partial charge in [-0.05, 0) is 31.7 Å². The van der Waals surface area contributed by atoms with Crippen LogP contribution < -0.4 is 15.8 Å². The zero-order valence-electron chi connectivity index (χ0n) is 11.2. The second-order valence-electron chi connectivity index (χ2n) is 5.11. The summed E-state index contributed by atoms with van der Waals surface area (Å²) >= 11 is 0. The van der Waals surface area contributed by atoms with Crippen LogP contribution in [0.2, 0.25) is 0 Å². The number of aryl methyl sites for hydroxylation is 1. The Hall–Kier alpha value is -1.36. The molecular formula is C13H22N4O. The molecule has 5 heteroatoms. The number of nitrogens with zero attached hydrogens (tertiary/aromatic N) is 2. The Labute approximate surface area is 108 Å². The number of anilines is 1. The van der Waals surface area contributed by atoms with Gasteiger partial charge in [0.15, 0.2) is 0 Å². The molecule has 2 rings (SSSR count). The van der Waals surface area contributed by atoms with E-state index in [0.717, 1.165) is 18.9 Å². The molecule has 0 atom stereocenters. The minimum absolute atomic E-state index is 0.242. The molecule has 1 fully saturated rings. The normalized spacial score (nSPS) is 17.7. The number of nitrogens with two attached hydrogens (primary N) is 1. The van der Waals surface area contributed by atoms with E-state index in [1.807, 2.05) is 13.0 Å². The van der Waals surface area contributed by atoms with E-state index in [9.17, 15) is 0 Å². The first-order chi connectivity index (χ1) is 8.67. The standard InChI is InChI=1S/C13H22N4O/c1-10-16-11(7-12(17-10)18-2)15-9-13(8-14)5-3-4-6-13/h7H,3-6,8-9,14H2,1-2H3,(H,15,16,17). The smallest absolute Gasteiger partial charge is 0.218 e. The van der Waals surface area contributed by atoms with E-state index >= 15 is 0 Å². The molecule has 0 bridgehead atoms. The Morgan fingerprint density at radius 3 is 2.72 bits per heavy atom. The van der Waals surface area contributed by atoms with E-state index in [2.05, 4.69) is 15.3 Å². The lowest BCUT2D eigenvalue weighted by Gasteiger charge is -2.27. The summed E-state index contributed by atoms with van der Waals surface area (Å²) in [6, 6.07) is 1.83. The van der Waals surface area contributed by atoms with E-state index in [4.69, 9.17) is 10.5 Å². The summed E-state index contributed by atoms with van der Waals surface area (Å²) in [4.78, 5) is 8.54. The van der Waals surface area contributed by atoms with Gasteiger partial charge < -0.3 is 15.8 Å². The lowest BCUT2D eigenvalue weighted by atomic mass is 9.86. The number of methoxy groups -OCH3 is 1. The maximum atomic E-state index is 5.92. The predicted octanol–water partition coefficient (Wildman–Crippen LogP) is 1.72. The second kappa shape index (κ2) is 5.52. The number of nitrogens with one attached hydrogen (secondary N) is 1. The van der Waals surface area contributed by atoms with Gasteiger partial charge in [-0.15, -0.1) is 0 Å². The molecule has 0 amide bonds. The van der Waals surface area contributed by atoms with Crippen molar-refractivity contribution in [2.24, 2.45) is 11.1 Å². The predicted molar refractivity (Wildman–Crippen MR) is 71.8 cm³/mol. The maximum Gasteiger partial charge on any atom is 0.218 e. The minimum atomic E-state index is 0.242. The number of aromatic nitrogens is 2. The van der Waals surface area contributed by atoms with Crippen molar-refractivity contribution in [1.82, 2.24) is 9.97 Å². The number of hydrogen-bond donors (Lipinski definition) is 2. The first-order valence-electron chi connectivity index (χ1n) is 6.51. The summed E-state index contributed by atoms with van der Waals surface area (Å²) in [7, 11) is 1.61. The first-order valence-corrected chi connectivity index (χ1v) is 6.51. The van der Waals surface area contributed by atoms with Crippen LogP contribution in [0.3, 0.4) is 0 Å². The molecule has 0 unspecified atom stereocenters. The van der Waals surface area contributed by atoms with Crippen LogP contribution >= 0.6 is 0 Å². The highest BCUT2D eigenvalue weighted by atomic mass is 16.5. The van der Waals surface area contributed by atoms with Crippen LogP contribution in [0.1, 0.15) is 31.5 Å². The zero-order chi connectivity index (χ0) is 13.0. The van der Waals surface area contributed by atoms with Crippen molar-refractivity contribution in [3.05, 3.63) is 11.9 Å². The zero-order valence-corrected chi connectivity index (χ0v) is 11.2. The molecule has 1 aliphatic carbocycles. The topological polar surface area (TPSA) is 73.1 Å². The van der Waals surface area contributed by atoms with Crippen LogP contribution in [0.25, 0.3) is 0 Å². The Morgan fingerprint density at radius 2 is 2.11 bits per heavy atom. The van der Waals surface area contributed by atoms with Crippen molar-refractivity contribution in [2.45, 2.75) is 32.6 Å². The fourth-order valence-corrected chi connectivity index (χ4v) is 2.59. The molecule has 1 aromatic heterocycles. The van der Waals surface area contributed by atoms with Gasteiger partial charge in [-0.3, -0.25) is 0 Å². The molecule has 0 saturated heterocycles.